The van der Waals surface area contributed by atoms with Crippen molar-refractivity contribution >= 4 is 5.91 Å². The average molecular weight is 278 g/mol. The molecule has 1 saturated heterocycles. The van der Waals surface area contributed by atoms with Gasteiger partial charge >= 0.3 is 0 Å². The van der Waals surface area contributed by atoms with E-state index < -0.39 is 0 Å². The van der Waals surface area contributed by atoms with Gasteiger partial charge in [0.25, 0.3) is 0 Å². The Kier molecular flexibility index (Phi) is 4.43. The minimum atomic E-state index is -0.346. The van der Waals surface area contributed by atoms with E-state index in [0.29, 0.717) is 6.54 Å². The smallest absolute Gasteiger partial charge is 0.228 e. The summed E-state index contributed by atoms with van der Waals surface area (Å²) in [6, 6.07) is 6.20. The molecule has 110 valence electrons. The van der Waals surface area contributed by atoms with E-state index in [9.17, 15) is 9.18 Å². The predicted molar refractivity (Wildman–Crippen MR) is 77.7 cm³/mol. The van der Waals surface area contributed by atoms with Crippen molar-refractivity contribution < 1.29 is 9.18 Å². The van der Waals surface area contributed by atoms with Gasteiger partial charge in [0.05, 0.1) is 11.5 Å². The number of carbonyl (C=O) groups is 1. The molecule has 1 aliphatic heterocycles. The number of hydrogen-bond donors (Lipinski definition) is 2. The van der Waals surface area contributed by atoms with E-state index in [2.05, 4.69) is 24.5 Å². The summed E-state index contributed by atoms with van der Waals surface area (Å²) in [7, 11) is 0. The van der Waals surface area contributed by atoms with Gasteiger partial charge in [-0.25, -0.2) is 4.39 Å². The van der Waals surface area contributed by atoms with E-state index in [1.54, 1.807) is 6.07 Å². The summed E-state index contributed by atoms with van der Waals surface area (Å²) >= 11 is 0. The first-order chi connectivity index (χ1) is 9.45. The first-order valence-corrected chi connectivity index (χ1v) is 7.23. The summed E-state index contributed by atoms with van der Waals surface area (Å²) in [5.74, 6) is 0.0659. The van der Waals surface area contributed by atoms with Crippen LogP contribution in [0.4, 0.5) is 4.39 Å². The lowest BCUT2D eigenvalue weighted by Gasteiger charge is -2.32. The van der Waals surface area contributed by atoms with E-state index >= 15 is 0 Å². The van der Waals surface area contributed by atoms with Crippen LogP contribution in [0.2, 0.25) is 0 Å². The Balaban J connectivity index is 2.10. The number of nitrogens with one attached hydrogen (secondary N) is 2. The van der Waals surface area contributed by atoms with Crippen molar-refractivity contribution in [3.8, 4) is 0 Å². The third-order valence-corrected chi connectivity index (χ3v) is 4.44. The van der Waals surface area contributed by atoms with Crippen LogP contribution in [0.15, 0.2) is 24.3 Å². The number of rotatable bonds is 4. The first-order valence-electron chi connectivity index (χ1n) is 7.23. The van der Waals surface area contributed by atoms with Crippen molar-refractivity contribution in [2.45, 2.75) is 33.2 Å². The average Bonchev–Trinajstić information content (AvgIpc) is 2.89. The largest absolute Gasteiger partial charge is 0.349 e. The Morgan fingerprint density at radius 1 is 1.40 bits per heavy atom. The number of hydrogen-bond acceptors (Lipinski definition) is 2. The molecule has 20 heavy (non-hydrogen) atoms. The molecule has 3 nitrogen and oxygen atoms in total. The van der Waals surface area contributed by atoms with E-state index in [1.165, 1.54) is 12.1 Å². The van der Waals surface area contributed by atoms with E-state index in [1.807, 2.05) is 13.0 Å². The standard InChI is InChI=1S/C16H23FN2O/c1-11(2)16(7-8-18-10-16)15(20)19-12(3)13-5-4-6-14(17)9-13/h4-6,9,11-12,18H,7-8,10H2,1-3H3,(H,19,20)/t12-,16?/m0/s1. The van der Waals surface area contributed by atoms with Gasteiger partial charge in [-0.05, 0) is 43.5 Å². The maximum atomic E-state index is 13.2. The van der Waals surface area contributed by atoms with Crippen LogP contribution in [-0.2, 0) is 4.79 Å². The monoisotopic (exact) mass is 278 g/mol. The molecule has 0 aliphatic carbocycles. The highest BCUT2D eigenvalue weighted by atomic mass is 19.1. The van der Waals surface area contributed by atoms with Crippen LogP contribution in [0, 0.1) is 17.2 Å². The molecular weight excluding hydrogens is 255 g/mol. The number of benzene rings is 1. The van der Waals surface area contributed by atoms with Crippen LogP contribution in [0.25, 0.3) is 0 Å². The highest BCUT2D eigenvalue weighted by Crippen LogP contribution is 2.35. The molecule has 0 radical (unpaired) electrons. The van der Waals surface area contributed by atoms with Crippen LogP contribution < -0.4 is 10.6 Å². The van der Waals surface area contributed by atoms with Crippen LogP contribution in [0.5, 0.6) is 0 Å². The maximum absolute atomic E-state index is 13.2. The molecule has 0 bridgehead atoms. The fourth-order valence-electron chi connectivity index (χ4n) is 2.86. The lowest BCUT2D eigenvalue weighted by Crippen LogP contribution is -2.46. The Morgan fingerprint density at radius 2 is 2.15 bits per heavy atom. The summed E-state index contributed by atoms with van der Waals surface area (Å²) in [5.41, 5.74) is 0.449. The highest BCUT2D eigenvalue weighted by Gasteiger charge is 2.44. The predicted octanol–water partition coefficient (Wildman–Crippen LogP) is 2.64. The molecule has 2 rings (SSSR count). The Bertz CT molecular complexity index is 481. The molecule has 1 aromatic carbocycles. The summed E-state index contributed by atoms with van der Waals surface area (Å²) in [4.78, 5) is 12.6. The van der Waals surface area contributed by atoms with Gasteiger partial charge in [0.1, 0.15) is 5.82 Å². The first kappa shape index (κ1) is 15.0. The minimum Gasteiger partial charge on any atom is -0.349 e. The van der Waals surface area contributed by atoms with E-state index in [0.717, 1.165) is 18.5 Å². The molecule has 0 spiro atoms. The van der Waals surface area contributed by atoms with Gasteiger partial charge in [0.15, 0.2) is 0 Å². The van der Waals surface area contributed by atoms with Gasteiger partial charge in [0, 0.05) is 6.54 Å². The molecule has 2 atom stereocenters. The zero-order valence-corrected chi connectivity index (χ0v) is 12.4. The summed E-state index contributed by atoms with van der Waals surface area (Å²) in [5, 5.41) is 6.32. The fourth-order valence-corrected chi connectivity index (χ4v) is 2.86. The molecular formula is C16H23FN2O. The van der Waals surface area contributed by atoms with Crippen LogP contribution in [0.3, 0.4) is 0 Å². The fraction of sp³-hybridized carbons (Fsp3) is 0.562. The summed E-state index contributed by atoms with van der Waals surface area (Å²) in [6.45, 7) is 7.65. The molecule has 1 fully saturated rings. The highest BCUT2D eigenvalue weighted by molar-refractivity contribution is 5.84. The second kappa shape index (κ2) is 5.92. The van der Waals surface area contributed by atoms with Crippen LogP contribution >= 0.6 is 0 Å². The molecule has 0 aromatic heterocycles. The van der Waals surface area contributed by atoms with Gasteiger partial charge in [-0.1, -0.05) is 26.0 Å². The Labute approximate surface area is 120 Å². The second-order valence-corrected chi connectivity index (χ2v) is 5.99. The molecule has 0 saturated carbocycles. The lowest BCUT2D eigenvalue weighted by atomic mass is 9.75. The van der Waals surface area contributed by atoms with E-state index in [-0.39, 0.29) is 29.1 Å². The SMILES string of the molecule is CC(C)C1(C(=O)N[C@@H](C)c2cccc(F)c2)CCNC1. The molecule has 1 aliphatic rings. The van der Waals surface area contributed by atoms with Crippen molar-refractivity contribution in [1.29, 1.82) is 0 Å². The number of amides is 1. The van der Waals surface area contributed by atoms with Crippen molar-refractivity contribution in [2.24, 2.45) is 11.3 Å². The molecule has 1 unspecified atom stereocenters. The quantitative estimate of drug-likeness (QED) is 0.889. The number of carbonyl (C=O) groups excluding carboxylic acids is 1. The van der Waals surface area contributed by atoms with Crippen LogP contribution in [0.1, 0.15) is 38.8 Å². The maximum Gasteiger partial charge on any atom is 0.228 e. The Morgan fingerprint density at radius 3 is 2.70 bits per heavy atom. The Hall–Kier alpha value is -1.42. The van der Waals surface area contributed by atoms with Gasteiger partial charge in [-0.15, -0.1) is 0 Å². The molecule has 2 N–H and O–H groups in total. The summed E-state index contributed by atoms with van der Waals surface area (Å²) < 4.78 is 13.2. The van der Waals surface area contributed by atoms with Gasteiger partial charge in [-0.2, -0.15) is 0 Å². The van der Waals surface area contributed by atoms with Crippen molar-refractivity contribution in [3.05, 3.63) is 35.6 Å². The summed E-state index contributed by atoms with van der Waals surface area (Å²) in [6.07, 6.45) is 0.854. The van der Waals surface area contributed by atoms with Crippen molar-refractivity contribution in [2.75, 3.05) is 13.1 Å². The van der Waals surface area contributed by atoms with Gasteiger partial charge in [0.2, 0.25) is 5.91 Å². The van der Waals surface area contributed by atoms with Crippen molar-refractivity contribution in [3.63, 3.8) is 0 Å². The van der Waals surface area contributed by atoms with Gasteiger partial charge in [-0.3, -0.25) is 4.79 Å². The lowest BCUT2D eigenvalue weighted by molar-refractivity contribution is -0.133. The third kappa shape index (κ3) is 2.85. The number of halogens is 1. The van der Waals surface area contributed by atoms with Gasteiger partial charge < -0.3 is 10.6 Å². The van der Waals surface area contributed by atoms with Crippen LogP contribution in [-0.4, -0.2) is 19.0 Å². The topological polar surface area (TPSA) is 41.1 Å². The zero-order chi connectivity index (χ0) is 14.8. The molecule has 1 aromatic rings. The molecule has 4 heteroatoms. The third-order valence-electron chi connectivity index (χ3n) is 4.44. The van der Waals surface area contributed by atoms with Crippen molar-refractivity contribution in [1.82, 2.24) is 10.6 Å². The normalized spacial score (nSPS) is 23.9. The second-order valence-electron chi connectivity index (χ2n) is 5.99. The molecule has 1 heterocycles. The minimum absolute atomic E-state index is 0.0641. The molecule has 1 amide bonds. The zero-order valence-electron chi connectivity index (χ0n) is 12.4. The van der Waals surface area contributed by atoms with E-state index in [4.69, 9.17) is 0 Å².